The Labute approximate surface area is 188 Å². The smallest absolute Gasteiger partial charge is 0.360 e. The van der Waals surface area contributed by atoms with E-state index in [4.69, 9.17) is 0 Å². The number of nitrogens with zero attached hydrogens (tertiary/aromatic N) is 3. The highest BCUT2D eigenvalue weighted by molar-refractivity contribution is 5.88. The maximum Gasteiger partial charge on any atom is 0.360 e. The van der Waals surface area contributed by atoms with Crippen molar-refractivity contribution in [2.24, 2.45) is 23.2 Å². The zero-order valence-electron chi connectivity index (χ0n) is 19.0. The number of hydrogen-bond donors (Lipinski definition) is 1. The summed E-state index contributed by atoms with van der Waals surface area (Å²) in [7, 11) is 0. The van der Waals surface area contributed by atoms with Crippen LogP contribution in [0.4, 0.5) is 0 Å². The van der Waals surface area contributed by atoms with E-state index >= 15 is 0 Å². The van der Waals surface area contributed by atoms with E-state index in [2.05, 4.69) is 23.7 Å². The standard InChI is InChI=1S/C26H33N3O3/c1-26(2)16-8-7-15(20(26)11-16)14-28-17-9-10-18(28)13-19(12-17)29-22-6-4-3-5-21(22)27-23(24(29)30)25(31)32/h3-6,15-20H,7-14H2,1-2H3,(H,31,32)/t15-,16+,17-,18+,19?,20+/m0/s1. The molecule has 6 nitrogen and oxygen atoms in total. The van der Waals surface area contributed by atoms with Crippen LogP contribution >= 0.6 is 0 Å². The summed E-state index contributed by atoms with van der Waals surface area (Å²) in [6, 6.07) is 8.48. The molecule has 3 aliphatic carbocycles. The van der Waals surface area contributed by atoms with Crippen molar-refractivity contribution in [1.29, 1.82) is 0 Å². The highest BCUT2D eigenvalue weighted by atomic mass is 16.4. The van der Waals surface area contributed by atoms with Gasteiger partial charge < -0.3 is 9.67 Å². The van der Waals surface area contributed by atoms with Gasteiger partial charge in [0.1, 0.15) is 0 Å². The first-order valence-corrected chi connectivity index (χ1v) is 12.3. The van der Waals surface area contributed by atoms with Crippen LogP contribution in [0.5, 0.6) is 0 Å². The van der Waals surface area contributed by atoms with Gasteiger partial charge in [0, 0.05) is 24.7 Å². The molecular formula is C26H33N3O3. The number of carboxylic acids is 1. The SMILES string of the molecule is CC1(C)[C@@H]2CC[C@@H](CN3[C@@H]4CC[C@H]3CC(n3c(=O)c(C(=O)O)nc5ccccc53)C4)[C@H]1C2. The third-order valence-corrected chi connectivity index (χ3v) is 9.67. The maximum atomic E-state index is 13.2. The van der Waals surface area contributed by atoms with Crippen molar-refractivity contribution in [3.63, 3.8) is 0 Å². The molecule has 0 spiro atoms. The number of piperidine rings is 1. The Morgan fingerprint density at radius 1 is 1.06 bits per heavy atom. The van der Waals surface area contributed by atoms with E-state index in [9.17, 15) is 14.7 Å². The van der Waals surface area contributed by atoms with Gasteiger partial charge in [0.15, 0.2) is 0 Å². The zero-order chi connectivity index (χ0) is 22.2. The van der Waals surface area contributed by atoms with E-state index in [1.165, 1.54) is 38.6 Å². The molecule has 2 aliphatic heterocycles. The van der Waals surface area contributed by atoms with Crippen LogP contribution in [0.3, 0.4) is 0 Å². The van der Waals surface area contributed by atoms with Gasteiger partial charge >= 0.3 is 5.97 Å². The molecular weight excluding hydrogens is 402 g/mol. The fourth-order valence-corrected chi connectivity index (χ4v) is 7.86. The minimum Gasteiger partial charge on any atom is -0.476 e. The number of fused-ring (bicyclic) bond motifs is 5. The largest absolute Gasteiger partial charge is 0.476 e. The van der Waals surface area contributed by atoms with E-state index in [0.29, 0.717) is 23.0 Å². The third-order valence-electron chi connectivity index (χ3n) is 9.67. The number of aromatic carboxylic acids is 1. The van der Waals surface area contributed by atoms with E-state index < -0.39 is 11.5 Å². The molecule has 2 aromatic rings. The van der Waals surface area contributed by atoms with Crippen molar-refractivity contribution < 1.29 is 9.90 Å². The average Bonchev–Trinajstić information content (AvgIpc) is 3.00. The zero-order valence-corrected chi connectivity index (χ0v) is 19.0. The molecule has 0 radical (unpaired) electrons. The summed E-state index contributed by atoms with van der Waals surface area (Å²) in [5.74, 6) is 1.36. The van der Waals surface area contributed by atoms with Gasteiger partial charge in [-0.15, -0.1) is 0 Å². The van der Waals surface area contributed by atoms with Gasteiger partial charge in [0.05, 0.1) is 11.0 Å². The predicted octanol–water partition coefficient (Wildman–Crippen LogP) is 4.33. The maximum absolute atomic E-state index is 13.2. The van der Waals surface area contributed by atoms with Crippen LogP contribution in [-0.2, 0) is 0 Å². The molecule has 32 heavy (non-hydrogen) atoms. The molecule has 1 aromatic heterocycles. The minimum atomic E-state index is -1.24. The van der Waals surface area contributed by atoms with Crippen LogP contribution in [0.25, 0.3) is 11.0 Å². The fourth-order valence-electron chi connectivity index (χ4n) is 7.86. The lowest BCUT2D eigenvalue weighted by Gasteiger charge is -2.61. The Balaban J connectivity index is 1.29. The van der Waals surface area contributed by atoms with Gasteiger partial charge in [-0.05, 0) is 80.2 Å². The van der Waals surface area contributed by atoms with Crippen LogP contribution in [0.1, 0.15) is 75.3 Å². The summed E-state index contributed by atoms with van der Waals surface area (Å²) in [5, 5.41) is 9.58. The lowest BCUT2D eigenvalue weighted by molar-refractivity contribution is -0.116. The van der Waals surface area contributed by atoms with Crippen molar-refractivity contribution in [1.82, 2.24) is 14.5 Å². The Morgan fingerprint density at radius 2 is 1.78 bits per heavy atom. The van der Waals surface area contributed by atoms with Crippen molar-refractivity contribution in [2.75, 3.05) is 6.54 Å². The third kappa shape index (κ3) is 2.91. The highest BCUT2D eigenvalue weighted by Crippen LogP contribution is 2.61. The van der Waals surface area contributed by atoms with Crippen molar-refractivity contribution in [3.8, 4) is 0 Å². The van der Waals surface area contributed by atoms with E-state index in [-0.39, 0.29) is 11.7 Å². The summed E-state index contributed by atoms with van der Waals surface area (Å²) in [6.07, 6.45) is 8.40. The average molecular weight is 436 g/mol. The molecule has 6 heteroatoms. The monoisotopic (exact) mass is 435 g/mol. The number of para-hydroxylation sites is 2. The van der Waals surface area contributed by atoms with Gasteiger partial charge in [-0.3, -0.25) is 9.69 Å². The number of carbonyl (C=O) groups is 1. The molecule has 3 heterocycles. The van der Waals surface area contributed by atoms with Gasteiger partial charge in [-0.25, -0.2) is 9.78 Å². The molecule has 170 valence electrons. The second kappa shape index (κ2) is 7.14. The van der Waals surface area contributed by atoms with Crippen LogP contribution in [0.2, 0.25) is 0 Å². The molecule has 1 N–H and O–H groups in total. The number of carboxylic acid groups (broad SMARTS) is 1. The minimum absolute atomic E-state index is 0.0399. The van der Waals surface area contributed by atoms with Gasteiger partial charge in [0.2, 0.25) is 5.69 Å². The second-order valence-electron chi connectivity index (χ2n) is 11.3. The summed E-state index contributed by atoms with van der Waals surface area (Å²) >= 11 is 0. The van der Waals surface area contributed by atoms with Crippen LogP contribution in [-0.4, -0.2) is 44.2 Å². The molecule has 6 atom stereocenters. The summed E-state index contributed by atoms with van der Waals surface area (Å²) < 4.78 is 1.76. The van der Waals surface area contributed by atoms with Crippen molar-refractivity contribution in [3.05, 3.63) is 40.3 Å². The first-order chi connectivity index (χ1) is 15.3. The van der Waals surface area contributed by atoms with Crippen LogP contribution < -0.4 is 5.56 Å². The van der Waals surface area contributed by atoms with E-state index in [0.717, 1.165) is 36.1 Å². The molecule has 3 saturated carbocycles. The first kappa shape index (κ1) is 20.4. The Hall–Kier alpha value is -2.21. The first-order valence-electron chi connectivity index (χ1n) is 12.3. The Bertz CT molecular complexity index is 1120. The number of benzene rings is 1. The molecule has 5 fully saturated rings. The van der Waals surface area contributed by atoms with Crippen molar-refractivity contribution >= 4 is 17.0 Å². The molecule has 2 saturated heterocycles. The molecule has 4 bridgehead atoms. The fraction of sp³-hybridized carbons (Fsp3) is 0.654. The number of aromatic nitrogens is 2. The lowest BCUT2D eigenvalue weighted by Crippen LogP contribution is -2.56. The predicted molar refractivity (Wildman–Crippen MR) is 123 cm³/mol. The van der Waals surface area contributed by atoms with Crippen LogP contribution in [0, 0.1) is 23.2 Å². The highest BCUT2D eigenvalue weighted by Gasteiger charge is 2.55. The van der Waals surface area contributed by atoms with Gasteiger partial charge in [-0.2, -0.15) is 0 Å². The van der Waals surface area contributed by atoms with E-state index in [1.54, 1.807) is 10.6 Å². The summed E-state index contributed by atoms with van der Waals surface area (Å²) in [6.45, 7) is 6.15. The molecule has 7 rings (SSSR count). The normalized spacial score (nSPS) is 35.6. The van der Waals surface area contributed by atoms with Crippen LogP contribution in [0.15, 0.2) is 29.1 Å². The summed E-state index contributed by atoms with van der Waals surface area (Å²) in [5.41, 5.74) is 1.04. The quantitative estimate of drug-likeness (QED) is 0.773. The van der Waals surface area contributed by atoms with E-state index in [1.807, 2.05) is 18.2 Å². The molecule has 0 amide bonds. The lowest BCUT2D eigenvalue weighted by atomic mass is 9.45. The second-order valence-corrected chi connectivity index (χ2v) is 11.3. The number of rotatable bonds is 4. The Kier molecular flexibility index (Phi) is 4.55. The van der Waals surface area contributed by atoms with Gasteiger partial charge in [0.25, 0.3) is 5.56 Å². The summed E-state index contributed by atoms with van der Waals surface area (Å²) in [4.78, 5) is 31.8. The van der Waals surface area contributed by atoms with Gasteiger partial charge in [-0.1, -0.05) is 26.0 Å². The van der Waals surface area contributed by atoms with Crippen molar-refractivity contribution in [2.45, 2.75) is 76.9 Å². The molecule has 5 aliphatic rings. The Morgan fingerprint density at radius 3 is 2.44 bits per heavy atom. The topological polar surface area (TPSA) is 75.4 Å². The number of hydrogen-bond acceptors (Lipinski definition) is 4. The molecule has 1 aromatic carbocycles. The molecule has 1 unspecified atom stereocenters.